The van der Waals surface area contributed by atoms with Gasteiger partial charge in [-0.25, -0.2) is 14.6 Å². The maximum Gasteiger partial charge on any atom is 0.344 e. The minimum absolute atomic E-state index is 0.175. The van der Waals surface area contributed by atoms with Crippen molar-refractivity contribution >= 4 is 45.9 Å². The van der Waals surface area contributed by atoms with Crippen LogP contribution >= 0.6 is 0 Å². The van der Waals surface area contributed by atoms with Crippen molar-refractivity contribution in [1.82, 2.24) is 4.98 Å². The van der Waals surface area contributed by atoms with Crippen LogP contribution in [-0.4, -0.2) is 24.0 Å². The van der Waals surface area contributed by atoms with Crippen molar-refractivity contribution in [3.05, 3.63) is 148 Å². The Morgan fingerprint density at radius 3 is 2.07 bits per heavy atom. The van der Waals surface area contributed by atoms with Gasteiger partial charge in [0, 0.05) is 10.8 Å². The van der Waals surface area contributed by atoms with Gasteiger partial charge in [-0.3, -0.25) is 0 Å². The van der Waals surface area contributed by atoms with Gasteiger partial charge < -0.3 is 14.2 Å². The van der Waals surface area contributed by atoms with Crippen molar-refractivity contribution in [2.24, 2.45) is 0 Å². The van der Waals surface area contributed by atoms with Gasteiger partial charge in [-0.2, -0.15) is 0 Å². The third kappa shape index (κ3) is 6.45. The number of para-hydroxylation sites is 1. The smallest absolute Gasteiger partial charge is 0.344 e. The van der Waals surface area contributed by atoms with Gasteiger partial charge in [0.1, 0.15) is 18.1 Å². The molecule has 0 atom stereocenters. The number of hydrogen-bond acceptors (Lipinski definition) is 6. The molecule has 0 aliphatic heterocycles. The van der Waals surface area contributed by atoms with E-state index in [1.54, 1.807) is 19.2 Å². The molecule has 0 bridgehead atoms. The number of esters is 2. The number of aromatic nitrogens is 1. The molecule has 0 N–H and O–H groups in total. The highest BCUT2D eigenvalue weighted by Crippen LogP contribution is 2.31. The molecule has 0 aliphatic carbocycles. The summed E-state index contributed by atoms with van der Waals surface area (Å²) in [6, 6.07) is 34.1. The topological polar surface area (TPSA) is 74.7 Å². The zero-order chi connectivity index (χ0) is 31.3. The SMILES string of the molecule is COc1ccc(/C=C/c2ccc3nc4ccccc4c(C(=O)Oc4c(C)cc(C(=O)OCc5ccccc5)cc4C)c3c2)cc1. The fourth-order valence-corrected chi connectivity index (χ4v) is 5.32. The van der Waals surface area contributed by atoms with Crippen LogP contribution < -0.4 is 9.47 Å². The molecule has 6 aromatic rings. The van der Waals surface area contributed by atoms with Crippen molar-refractivity contribution in [2.45, 2.75) is 20.5 Å². The molecule has 6 nitrogen and oxygen atoms in total. The lowest BCUT2D eigenvalue weighted by atomic mass is 10.00. The van der Waals surface area contributed by atoms with E-state index >= 15 is 0 Å². The largest absolute Gasteiger partial charge is 0.497 e. The van der Waals surface area contributed by atoms with E-state index < -0.39 is 11.9 Å². The van der Waals surface area contributed by atoms with Gasteiger partial charge in [0.15, 0.2) is 0 Å². The van der Waals surface area contributed by atoms with Crippen LogP contribution in [0.4, 0.5) is 0 Å². The Morgan fingerprint density at radius 2 is 1.33 bits per heavy atom. The van der Waals surface area contributed by atoms with Gasteiger partial charge >= 0.3 is 11.9 Å². The average Bonchev–Trinajstić information content (AvgIpc) is 3.07. The first-order chi connectivity index (χ1) is 21.9. The summed E-state index contributed by atoms with van der Waals surface area (Å²) in [6.07, 6.45) is 4.00. The normalized spacial score (nSPS) is 11.2. The molecule has 45 heavy (non-hydrogen) atoms. The maximum absolute atomic E-state index is 14.0. The molecule has 6 heteroatoms. The predicted octanol–water partition coefficient (Wildman–Crippen LogP) is 8.76. The Morgan fingerprint density at radius 1 is 0.689 bits per heavy atom. The summed E-state index contributed by atoms with van der Waals surface area (Å²) in [6.45, 7) is 3.80. The molecule has 0 radical (unpaired) electrons. The van der Waals surface area contributed by atoms with E-state index in [-0.39, 0.29) is 6.61 Å². The number of methoxy groups -OCH3 is 1. The highest BCUT2D eigenvalue weighted by molar-refractivity contribution is 6.15. The number of carbonyl (C=O) groups is 2. The molecule has 0 saturated heterocycles. The summed E-state index contributed by atoms with van der Waals surface area (Å²) < 4.78 is 16.9. The van der Waals surface area contributed by atoms with E-state index in [9.17, 15) is 9.59 Å². The second kappa shape index (κ2) is 12.9. The fraction of sp³-hybridized carbons (Fsp3) is 0.103. The molecule has 0 fully saturated rings. The first kappa shape index (κ1) is 29.3. The minimum Gasteiger partial charge on any atom is -0.497 e. The van der Waals surface area contributed by atoms with Crippen molar-refractivity contribution in [1.29, 1.82) is 0 Å². The van der Waals surface area contributed by atoms with Crippen molar-refractivity contribution < 1.29 is 23.8 Å². The standard InChI is InChI=1S/C39H31NO5/c1-25-21-30(38(41)44-24-29-9-5-4-6-10-29)22-26(2)37(25)45-39(42)36-32-11-7-8-12-34(32)40-35-20-17-28(23-33(35)36)14-13-27-15-18-31(43-3)19-16-27/h4-23H,24H2,1-3H3/b14-13+. The van der Waals surface area contributed by atoms with Crippen LogP contribution in [0.3, 0.4) is 0 Å². The summed E-state index contributed by atoms with van der Waals surface area (Å²) in [4.78, 5) is 31.6. The van der Waals surface area contributed by atoms with E-state index in [0.29, 0.717) is 49.8 Å². The predicted molar refractivity (Wildman–Crippen MR) is 178 cm³/mol. The Labute approximate surface area is 261 Å². The van der Waals surface area contributed by atoms with Crippen molar-refractivity contribution in [2.75, 3.05) is 7.11 Å². The summed E-state index contributed by atoms with van der Waals surface area (Å²) in [5.41, 5.74) is 6.35. The van der Waals surface area contributed by atoms with E-state index in [1.807, 2.05) is 123 Å². The van der Waals surface area contributed by atoms with Gasteiger partial charge in [0.2, 0.25) is 0 Å². The highest BCUT2D eigenvalue weighted by Gasteiger charge is 2.21. The quantitative estimate of drug-likeness (QED) is 0.0760. The molecule has 5 aromatic carbocycles. The van der Waals surface area contributed by atoms with E-state index in [0.717, 1.165) is 22.4 Å². The molecule has 0 aliphatic rings. The molecular formula is C39H31NO5. The number of aryl methyl sites for hydroxylation is 2. The van der Waals surface area contributed by atoms with E-state index in [1.165, 1.54) is 0 Å². The lowest BCUT2D eigenvalue weighted by Crippen LogP contribution is -2.13. The second-order valence-electron chi connectivity index (χ2n) is 10.8. The molecule has 1 heterocycles. The third-order valence-corrected chi connectivity index (χ3v) is 7.60. The highest BCUT2D eigenvalue weighted by atomic mass is 16.5. The molecule has 0 saturated carbocycles. The number of benzene rings is 5. The Kier molecular flexibility index (Phi) is 8.38. The number of ether oxygens (including phenoxy) is 3. The van der Waals surface area contributed by atoms with Gasteiger partial charge in [0.25, 0.3) is 0 Å². The molecule has 0 unspecified atom stereocenters. The van der Waals surface area contributed by atoms with E-state index in [4.69, 9.17) is 19.2 Å². The molecular weight excluding hydrogens is 562 g/mol. The van der Waals surface area contributed by atoms with Crippen LogP contribution in [0.5, 0.6) is 11.5 Å². The Bertz CT molecular complexity index is 2040. The number of pyridine rings is 1. The molecule has 0 spiro atoms. The summed E-state index contributed by atoms with van der Waals surface area (Å²) in [5.74, 6) is 0.260. The van der Waals surface area contributed by atoms with Crippen LogP contribution in [0.1, 0.15) is 48.5 Å². The maximum atomic E-state index is 14.0. The number of carbonyl (C=O) groups excluding carboxylic acids is 2. The molecule has 6 rings (SSSR count). The van der Waals surface area contributed by atoms with E-state index in [2.05, 4.69) is 0 Å². The van der Waals surface area contributed by atoms with Crippen LogP contribution in [0.2, 0.25) is 0 Å². The van der Waals surface area contributed by atoms with Crippen LogP contribution in [0.25, 0.3) is 34.0 Å². The summed E-state index contributed by atoms with van der Waals surface area (Å²) in [5, 5.41) is 1.38. The zero-order valence-corrected chi connectivity index (χ0v) is 25.2. The van der Waals surface area contributed by atoms with Crippen molar-refractivity contribution in [3.63, 3.8) is 0 Å². The van der Waals surface area contributed by atoms with Crippen LogP contribution in [0, 0.1) is 13.8 Å². The fourth-order valence-electron chi connectivity index (χ4n) is 5.32. The molecule has 222 valence electrons. The first-order valence-electron chi connectivity index (χ1n) is 14.6. The third-order valence-electron chi connectivity index (χ3n) is 7.60. The first-order valence-corrected chi connectivity index (χ1v) is 14.6. The average molecular weight is 594 g/mol. The zero-order valence-electron chi connectivity index (χ0n) is 25.2. The minimum atomic E-state index is -0.500. The van der Waals surface area contributed by atoms with Gasteiger partial charge in [0.05, 0.1) is 29.3 Å². The Balaban J connectivity index is 1.31. The van der Waals surface area contributed by atoms with Crippen molar-refractivity contribution in [3.8, 4) is 11.5 Å². The lowest BCUT2D eigenvalue weighted by Gasteiger charge is -2.15. The number of hydrogen-bond donors (Lipinski definition) is 0. The summed E-state index contributed by atoms with van der Waals surface area (Å²) in [7, 11) is 1.64. The monoisotopic (exact) mass is 593 g/mol. The van der Waals surface area contributed by atoms with Crippen LogP contribution in [-0.2, 0) is 11.3 Å². The van der Waals surface area contributed by atoms with Crippen LogP contribution in [0.15, 0.2) is 109 Å². The lowest BCUT2D eigenvalue weighted by molar-refractivity contribution is 0.0472. The Hall–Kier alpha value is -5.75. The number of rotatable bonds is 8. The molecule has 0 amide bonds. The van der Waals surface area contributed by atoms with Gasteiger partial charge in [-0.1, -0.05) is 78.9 Å². The summed E-state index contributed by atoms with van der Waals surface area (Å²) >= 11 is 0. The van der Waals surface area contributed by atoms with Gasteiger partial charge in [-0.15, -0.1) is 0 Å². The number of nitrogens with zero attached hydrogens (tertiary/aromatic N) is 1. The van der Waals surface area contributed by atoms with Gasteiger partial charge in [-0.05, 0) is 84.1 Å². The molecule has 1 aromatic heterocycles. The second-order valence-corrected chi connectivity index (χ2v) is 10.8. The number of fused-ring (bicyclic) bond motifs is 2.